The van der Waals surface area contributed by atoms with Gasteiger partial charge in [-0.25, -0.2) is 0 Å². The van der Waals surface area contributed by atoms with Gasteiger partial charge >= 0.3 is 0 Å². The molecule has 0 N–H and O–H groups in total. The third kappa shape index (κ3) is 2.72. The van der Waals surface area contributed by atoms with Gasteiger partial charge in [-0.3, -0.25) is 0 Å². The van der Waals surface area contributed by atoms with Crippen molar-refractivity contribution in [2.24, 2.45) is 0 Å². The zero-order chi connectivity index (χ0) is 11.4. The molecular weight excluding hydrogens is 319 g/mol. The predicted octanol–water partition coefficient (Wildman–Crippen LogP) is 3.13. The molecule has 1 heterocycles. The first kappa shape index (κ1) is 11.4. The van der Waals surface area contributed by atoms with Gasteiger partial charge in [0.25, 0.3) is 5.89 Å². The summed E-state index contributed by atoms with van der Waals surface area (Å²) in [5.74, 6) is 1.35. The minimum absolute atomic E-state index is 0.520. The maximum absolute atomic E-state index is 5.53. The van der Waals surface area contributed by atoms with Gasteiger partial charge in [-0.1, -0.05) is 18.1 Å². The monoisotopic (exact) mass is 330 g/mol. The van der Waals surface area contributed by atoms with Crippen LogP contribution in [0.15, 0.2) is 28.8 Å². The van der Waals surface area contributed by atoms with Crippen LogP contribution in [0.1, 0.15) is 13.3 Å². The average molecular weight is 330 g/mol. The highest BCUT2D eigenvalue weighted by Crippen LogP contribution is 2.22. The molecule has 0 aliphatic heterocycles. The minimum atomic E-state index is 0.520. The lowest BCUT2D eigenvalue weighted by Gasteiger charge is -2.04. The Bertz CT molecular complexity index is 471. The maximum Gasteiger partial charge on any atom is 0.258 e. The largest absolute Gasteiger partial charge is 0.494 e. The van der Waals surface area contributed by atoms with Crippen LogP contribution in [0, 0.1) is 3.83 Å². The molecule has 5 heteroatoms. The summed E-state index contributed by atoms with van der Waals surface area (Å²) >= 11 is 2.01. The van der Waals surface area contributed by atoms with Gasteiger partial charge in [-0.05, 0) is 24.6 Å². The lowest BCUT2D eigenvalue weighted by molar-refractivity contribution is 0.317. The molecule has 0 bridgehead atoms. The smallest absolute Gasteiger partial charge is 0.258 e. The van der Waals surface area contributed by atoms with E-state index >= 15 is 0 Å². The lowest BCUT2D eigenvalue weighted by atomic mass is 10.2. The molecule has 0 aliphatic carbocycles. The Hall–Kier alpha value is -1.11. The van der Waals surface area contributed by atoms with Gasteiger partial charge in [-0.2, -0.15) is 4.98 Å². The van der Waals surface area contributed by atoms with Crippen molar-refractivity contribution < 1.29 is 9.26 Å². The summed E-state index contributed by atoms with van der Waals surface area (Å²) in [5.41, 5.74) is 0.879. The van der Waals surface area contributed by atoms with Gasteiger partial charge in [-0.15, -0.1) is 0 Å². The molecule has 0 radical (unpaired) electrons. The van der Waals surface area contributed by atoms with Crippen LogP contribution in [0.5, 0.6) is 5.75 Å². The molecule has 4 nitrogen and oxygen atoms in total. The number of halogens is 1. The van der Waals surface area contributed by atoms with Crippen LogP contribution in [-0.4, -0.2) is 16.7 Å². The van der Waals surface area contributed by atoms with Crippen LogP contribution < -0.4 is 4.74 Å². The van der Waals surface area contributed by atoms with Crippen LogP contribution >= 0.6 is 22.6 Å². The lowest BCUT2D eigenvalue weighted by Crippen LogP contribution is -1.94. The van der Waals surface area contributed by atoms with Crippen LogP contribution in [0.2, 0.25) is 0 Å². The average Bonchev–Trinajstić information content (AvgIpc) is 2.74. The highest BCUT2D eigenvalue weighted by molar-refractivity contribution is 14.1. The molecule has 0 aliphatic rings. The molecule has 84 valence electrons. The Morgan fingerprint density at radius 3 is 3.00 bits per heavy atom. The predicted molar refractivity (Wildman–Crippen MR) is 68.2 cm³/mol. The van der Waals surface area contributed by atoms with E-state index < -0.39 is 0 Å². The topological polar surface area (TPSA) is 48.2 Å². The number of aromatic nitrogens is 2. The van der Waals surface area contributed by atoms with Crippen molar-refractivity contribution in [3.05, 3.63) is 28.1 Å². The van der Waals surface area contributed by atoms with Crippen LogP contribution in [0.4, 0.5) is 0 Å². The summed E-state index contributed by atoms with van der Waals surface area (Å²) in [6, 6.07) is 7.65. The Morgan fingerprint density at radius 2 is 2.31 bits per heavy atom. The van der Waals surface area contributed by atoms with Gasteiger partial charge in [0.15, 0.2) is 0 Å². The maximum atomic E-state index is 5.53. The molecule has 0 saturated carbocycles. The first-order chi connectivity index (χ1) is 7.79. The summed E-state index contributed by atoms with van der Waals surface area (Å²) < 4.78 is 11.2. The molecule has 2 rings (SSSR count). The summed E-state index contributed by atoms with van der Waals surface area (Å²) in [5, 5.41) is 3.74. The van der Waals surface area contributed by atoms with E-state index in [0.717, 1.165) is 17.7 Å². The van der Waals surface area contributed by atoms with Gasteiger partial charge < -0.3 is 9.26 Å². The fraction of sp³-hybridized carbons (Fsp3) is 0.273. The van der Waals surface area contributed by atoms with Crippen molar-refractivity contribution in [2.45, 2.75) is 13.3 Å². The van der Waals surface area contributed by atoms with Crippen molar-refractivity contribution in [1.29, 1.82) is 0 Å². The molecule has 0 fully saturated rings. The first-order valence-corrected chi connectivity index (χ1v) is 6.10. The Morgan fingerprint density at radius 1 is 1.44 bits per heavy atom. The van der Waals surface area contributed by atoms with E-state index in [1.54, 1.807) is 0 Å². The normalized spacial score (nSPS) is 10.4. The molecule has 1 aromatic carbocycles. The molecule has 0 spiro atoms. The summed E-state index contributed by atoms with van der Waals surface area (Å²) in [7, 11) is 0. The van der Waals surface area contributed by atoms with E-state index in [9.17, 15) is 0 Å². The molecule has 0 unspecified atom stereocenters. The van der Waals surface area contributed by atoms with Crippen LogP contribution in [0.25, 0.3) is 11.5 Å². The Labute approximate surface area is 107 Å². The Balaban J connectivity index is 2.22. The number of benzene rings is 1. The second-order valence-corrected chi connectivity index (χ2v) is 4.21. The molecule has 2 aromatic rings. The highest BCUT2D eigenvalue weighted by Gasteiger charge is 2.07. The second-order valence-electron chi connectivity index (χ2n) is 3.24. The first-order valence-electron chi connectivity index (χ1n) is 5.02. The van der Waals surface area contributed by atoms with Crippen molar-refractivity contribution in [2.75, 3.05) is 6.61 Å². The van der Waals surface area contributed by atoms with Crippen LogP contribution in [0.3, 0.4) is 0 Å². The van der Waals surface area contributed by atoms with E-state index in [2.05, 4.69) is 17.1 Å². The van der Waals surface area contributed by atoms with E-state index in [1.807, 2.05) is 46.9 Å². The van der Waals surface area contributed by atoms with Crippen molar-refractivity contribution >= 4 is 22.6 Å². The van der Waals surface area contributed by atoms with Gasteiger partial charge in [0.1, 0.15) is 5.75 Å². The molecule has 0 amide bonds. The molecule has 1 aromatic heterocycles. The minimum Gasteiger partial charge on any atom is -0.494 e. The number of hydrogen-bond donors (Lipinski definition) is 0. The highest BCUT2D eigenvalue weighted by atomic mass is 127. The van der Waals surface area contributed by atoms with E-state index in [0.29, 0.717) is 16.3 Å². The van der Waals surface area contributed by atoms with Crippen LogP contribution in [-0.2, 0) is 0 Å². The molecule has 16 heavy (non-hydrogen) atoms. The number of nitrogens with zero attached hydrogens (tertiary/aromatic N) is 2. The summed E-state index contributed by atoms with van der Waals surface area (Å²) in [6.07, 6.45) is 0.989. The molecule has 0 atom stereocenters. The third-order valence-electron chi connectivity index (χ3n) is 1.96. The zero-order valence-corrected chi connectivity index (χ0v) is 11.0. The Kier molecular flexibility index (Phi) is 3.76. The van der Waals surface area contributed by atoms with Gasteiger partial charge in [0.2, 0.25) is 3.83 Å². The van der Waals surface area contributed by atoms with E-state index in [-0.39, 0.29) is 0 Å². The third-order valence-corrected chi connectivity index (χ3v) is 2.39. The zero-order valence-electron chi connectivity index (χ0n) is 8.81. The summed E-state index contributed by atoms with van der Waals surface area (Å²) in [6.45, 7) is 2.79. The SMILES string of the molecule is CCCOc1cccc(-c2nc(I)no2)c1. The van der Waals surface area contributed by atoms with Gasteiger partial charge in [0.05, 0.1) is 6.61 Å². The molecular formula is C11H11IN2O2. The molecule has 0 saturated heterocycles. The van der Waals surface area contributed by atoms with Crippen molar-refractivity contribution in [3.63, 3.8) is 0 Å². The number of hydrogen-bond acceptors (Lipinski definition) is 4. The number of rotatable bonds is 4. The van der Waals surface area contributed by atoms with E-state index in [4.69, 9.17) is 9.26 Å². The van der Waals surface area contributed by atoms with Gasteiger partial charge in [0, 0.05) is 28.2 Å². The fourth-order valence-corrected chi connectivity index (χ4v) is 1.58. The quantitative estimate of drug-likeness (QED) is 0.808. The van der Waals surface area contributed by atoms with E-state index in [1.165, 1.54) is 0 Å². The fourth-order valence-electron chi connectivity index (χ4n) is 1.26. The standard InChI is InChI=1S/C11H11IN2O2/c1-2-6-15-9-5-3-4-8(7-9)10-13-11(12)14-16-10/h3-5,7H,2,6H2,1H3. The second kappa shape index (κ2) is 5.29. The number of ether oxygens (including phenoxy) is 1. The van der Waals surface area contributed by atoms with Crippen molar-refractivity contribution in [1.82, 2.24) is 10.1 Å². The van der Waals surface area contributed by atoms with Crippen molar-refractivity contribution in [3.8, 4) is 17.2 Å². The summed E-state index contributed by atoms with van der Waals surface area (Å²) in [4.78, 5) is 4.16.